The van der Waals surface area contributed by atoms with Crippen LogP contribution in [0.3, 0.4) is 0 Å². The van der Waals surface area contributed by atoms with Gasteiger partial charge in [-0.2, -0.15) is 4.31 Å². The Morgan fingerprint density at radius 2 is 1.84 bits per heavy atom. The van der Waals surface area contributed by atoms with Gasteiger partial charge in [0.05, 0.1) is 6.26 Å². The fourth-order valence-corrected chi connectivity index (χ4v) is 3.72. The van der Waals surface area contributed by atoms with Crippen molar-refractivity contribution in [1.29, 1.82) is 0 Å². The first-order valence-electron chi connectivity index (χ1n) is 7.95. The lowest BCUT2D eigenvalue weighted by Gasteiger charge is -2.35. The second-order valence-electron chi connectivity index (χ2n) is 5.98. The van der Waals surface area contributed by atoms with Crippen molar-refractivity contribution in [3.8, 4) is 0 Å². The van der Waals surface area contributed by atoms with Crippen molar-refractivity contribution < 1.29 is 13.2 Å². The molecule has 2 aromatic rings. The minimum atomic E-state index is -3.23. The van der Waals surface area contributed by atoms with E-state index in [2.05, 4.69) is 15.5 Å². The van der Waals surface area contributed by atoms with E-state index in [0.29, 0.717) is 32.6 Å². The minimum absolute atomic E-state index is 0.107. The third-order valence-corrected chi connectivity index (χ3v) is 5.56. The lowest BCUT2D eigenvalue weighted by molar-refractivity contribution is -0.136. The van der Waals surface area contributed by atoms with Crippen LogP contribution in [0.5, 0.6) is 0 Å². The van der Waals surface area contributed by atoms with Gasteiger partial charge in [0.25, 0.3) is 0 Å². The lowest BCUT2D eigenvalue weighted by Crippen LogP contribution is -2.52. The highest BCUT2D eigenvalue weighted by Gasteiger charge is 2.31. The number of hydrogen-bond acceptors (Lipinski definition) is 6. The van der Waals surface area contributed by atoms with Gasteiger partial charge in [-0.05, 0) is 16.0 Å². The Kier molecular flexibility index (Phi) is 5.09. The summed E-state index contributed by atoms with van der Waals surface area (Å²) in [6.45, 7) is 1.33. The molecule has 0 N–H and O–H groups in total. The van der Waals surface area contributed by atoms with E-state index in [-0.39, 0.29) is 5.91 Å². The summed E-state index contributed by atoms with van der Waals surface area (Å²) in [5.41, 5.74) is 1.01. The van der Waals surface area contributed by atoms with Gasteiger partial charge in [-0.1, -0.05) is 30.3 Å². The van der Waals surface area contributed by atoms with Gasteiger partial charge in [0.1, 0.15) is 12.4 Å². The molecular weight excluding hydrogens is 344 g/mol. The highest BCUT2D eigenvalue weighted by Crippen LogP contribution is 2.18. The SMILES string of the molecule is CS(=O)(=O)N1CCN(C(=O)[C@H](Cc2ccccc2)n2cnnn2)CC1. The number of amides is 1. The number of tetrazole rings is 1. The molecular formula is C15H20N6O3S. The molecule has 0 aliphatic carbocycles. The highest BCUT2D eigenvalue weighted by molar-refractivity contribution is 7.88. The zero-order valence-corrected chi connectivity index (χ0v) is 14.7. The van der Waals surface area contributed by atoms with Crippen molar-refractivity contribution in [2.24, 2.45) is 0 Å². The van der Waals surface area contributed by atoms with Crippen LogP contribution < -0.4 is 0 Å². The van der Waals surface area contributed by atoms with Crippen molar-refractivity contribution in [3.05, 3.63) is 42.2 Å². The molecule has 1 aliphatic heterocycles. The Morgan fingerprint density at radius 1 is 1.16 bits per heavy atom. The molecule has 1 aliphatic rings. The van der Waals surface area contributed by atoms with Crippen LogP contribution in [0.4, 0.5) is 0 Å². The van der Waals surface area contributed by atoms with Gasteiger partial charge in [0.2, 0.25) is 15.9 Å². The standard InChI is InChI=1S/C15H20N6O3S/c1-25(23,24)20-9-7-19(8-10-20)15(22)14(21-12-16-17-18-21)11-13-5-3-2-4-6-13/h2-6,12,14H,7-11H2,1H3/t14-/m0/s1. The highest BCUT2D eigenvalue weighted by atomic mass is 32.2. The number of carbonyl (C=O) groups excluding carboxylic acids is 1. The van der Waals surface area contributed by atoms with Crippen molar-refractivity contribution in [2.45, 2.75) is 12.5 Å². The largest absolute Gasteiger partial charge is 0.338 e. The van der Waals surface area contributed by atoms with Crippen molar-refractivity contribution in [2.75, 3.05) is 32.4 Å². The van der Waals surface area contributed by atoms with Crippen molar-refractivity contribution in [1.82, 2.24) is 29.4 Å². The molecule has 25 heavy (non-hydrogen) atoms. The third-order valence-electron chi connectivity index (χ3n) is 4.26. The van der Waals surface area contributed by atoms with Crippen LogP contribution in [0.15, 0.2) is 36.7 Å². The first kappa shape index (κ1) is 17.5. The monoisotopic (exact) mass is 364 g/mol. The minimum Gasteiger partial charge on any atom is -0.338 e. The summed E-state index contributed by atoms with van der Waals surface area (Å²) in [6.07, 6.45) is 3.08. The van der Waals surface area contributed by atoms with Gasteiger partial charge in [-0.15, -0.1) is 5.10 Å². The zero-order chi connectivity index (χ0) is 17.9. The fraction of sp³-hybridized carbons (Fsp3) is 0.467. The summed E-state index contributed by atoms with van der Waals surface area (Å²) in [7, 11) is -3.23. The fourth-order valence-electron chi connectivity index (χ4n) is 2.89. The van der Waals surface area contributed by atoms with Crippen LogP contribution in [-0.2, 0) is 21.2 Å². The van der Waals surface area contributed by atoms with E-state index in [1.807, 2.05) is 30.3 Å². The van der Waals surface area contributed by atoms with E-state index in [1.165, 1.54) is 21.6 Å². The Balaban J connectivity index is 1.74. The van der Waals surface area contributed by atoms with E-state index < -0.39 is 16.1 Å². The van der Waals surface area contributed by atoms with E-state index in [9.17, 15) is 13.2 Å². The second-order valence-corrected chi connectivity index (χ2v) is 7.97. The molecule has 1 aromatic heterocycles. The van der Waals surface area contributed by atoms with E-state index in [4.69, 9.17) is 0 Å². The van der Waals surface area contributed by atoms with Gasteiger partial charge in [0.15, 0.2) is 0 Å². The first-order chi connectivity index (χ1) is 11.9. The van der Waals surface area contributed by atoms with E-state index >= 15 is 0 Å². The summed E-state index contributed by atoms with van der Waals surface area (Å²) in [4.78, 5) is 14.7. The maximum absolute atomic E-state index is 13.0. The van der Waals surface area contributed by atoms with Gasteiger partial charge in [0, 0.05) is 32.6 Å². The summed E-state index contributed by atoms with van der Waals surface area (Å²) in [5, 5.41) is 11.1. The number of aromatic nitrogens is 4. The summed E-state index contributed by atoms with van der Waals surface area (Å²) in [6, 6.07) is 9.10. The van der Waals surface area contributed by atoms with E-state index in [1.54, 1.807) is 4.90 Å². The van der Waals surface area contributed by atoms with Crippen LogP contribution in [0, 0.1) is 0 Å². The van der Waals surface area contributed by atoms with Gasteiger partial charge in [-0.25, -0.2) is 13.1 Å². The predicted molar refractivity (Wildman–Crippen MR) is 90.0 cm³/mol. The van der Waals surface area contributed by atoms with Crippen LogP contribution in [0.1, 0.15) is 11.6 Å². The first-order valence-corrected chi connectivity index (χ1v) is 9.80. The normalized spacial score (nSPS) is 17.4. The molecule has 0 saturated carbocycles. The summed E-state index contributed by atoms with van der Waals surface area (Å²) in [5.74, 6) is -0.107. The van der Waals surface area contributed by atoms with Crippen LogP contribution in [-0.4, -0.2) is 76.2 Å². The number of sulfonamides is 1. The average Bonchev–Trinajstić information content (AvgIpc) is 3.14. The molecule has 0 radical (unpaired) electrons. The Bertz CT molecular complexity index is 801. The molecule has 134 valence electrons. The van der Waals surface area contributed by atoms with E-state index in [0.717, 1.165) is 5.56 Å². The molecule has 0 spiro atoms. The van der Waals surface area contributed by atoms with Gasteiger partial charge >= 0.3 is 0 Å². The Morgan fingerprint density at radius 3 is 2.40 bits per heavy atom. The Labute approximate surface area is 146 Å². The number of piperazine rings is 1. The quantitative estimate of drug-likeness (QED) is 0.713. The molecule has 1 atom stereocenters. The number of benzene rings is 1. The average molecular weight is 364 g/mol. The molecule has 0 unspecified atom stereocenters. The molecule has 9 nitrogen and oxygen atoms in total. The maximum atomic E-state index is 13.0. The third kappa shape index (κ3) is 4.20. The van der Waals surface area contributed by atoms with Crippen LogP contribution >= 0.6 is 0 Å². The molecule has 1 aromatic carbocycles. The summed E-state index contributed by atoms with van der Waals surface area (Å²) < 4.78 is 26.1. The van der Waals surface area contributed by atoms with Crippen LogP contribution in [0.2, 0.25) is 0 Å². The lowest BCUT2D eigenvalue weighted by atomic mass is 10.0. The van der Waals surface area contributed by atoms with Crippen molar-refractivity contribution >= 4 is 15.9 Å². The van der Waals surface area contributed by atoms with Crippen LogP contribution in [0.25, 0.3) is 0 Å². The van der Waals surface area contributed by atoms with Gasteiger partial charge < -0.3 is 4.90 Å². The summed E-state index contributed by atoms with van der Waals surface area (Å²) >= 11 is 0. The molecule has 2 heterocycles. The number of rotatable bonds is 5. The Hall–Kier alpha value is -2.33. The predicted octanol–water partition coefficient (Wildman–Crippen LogP) is -0.439. The zero-order valence-electron chi connectivity index (χ0n) is 13.9. The second kappa shape index (κ2) is 7.28. The number of carbonyl (C=O) groups is 1. The molecule has 0 bridgehead atoms. The van der Waals surface area contributed by atoms with Gasteiger partial charge in [-0.3, -0.25) is 4.79 Å². The molecule has 10 heteroatoms. The smallest absolute Gasteiger partial charge is 0.248 e. The topological polar surface area (TPSA) is 101 Å². The molecule has 1 saturated heterocycles. The van der Waals surface area contributed by atoms with Crippen molar-refractivity contribution in [3.63, 3.8) is 0 Å². The molecule has 1 fully saturated rings. The molecule has 1 amide bonds. The molecule has 3 rings (SSSR count). The number of nitrogens with zero attached hydrogens (tertiary/aromatic N) is 6. The number of hydrogen-bond donors (Lipinski definition) is 0. The maximum Gasteiger partial charge on any atom is 0.248 e.